The van der Waals surface area contributed by atoms with E-state index in [0.29, 0.717) is 11.6 Å². The SMILES string of the molecule is CC1=NC(N2CCCCC2)NC(=NCc2ccc(Nc3ccnc4cc(Cl)ccc34)cc2)C1. The lowest BCUT2D eigenvalue weighted by atomic mass is 10.1. The van der Waals surface area contributed by atoms with Crippen molar-refractivity contribution < 1.29 is 0 Å². The Kier molecular flexibility index (Phi) is 6.55. The first-order valence-electron chi connectivity index (χ1n) is 11.6. The molecule has 33 heavy (non-hydrogen) atoms. The van der Waals surface area contributed by atoms with Gasteiger partial charge in [-0.1, -0.05) is 30.2 Å². The molecule has 1 saturated heterocycles. The highest BCUT2D eigenvalue weighted by atomic mass is 35.5. The van der Waals surface area contributed by atoms with Gasteiger partial charge in [0, 0.05) is 53.2 Å². The smallest absolute Gasteiger partial charge is 0.177 e. The third-order valence-corrected chi connectivity index (χ3v) is 6.42. The molecule has 0 spiro atoms. The fourth-order valence-corrected chi connectivity index (χ4v) is 4.60. The summed E-state index contributed by atoms with van der Waals surface area (Å²) in [4.78, 5) is 16.5. The maximum atomic E-state index is 6.11. The van der Waals surface area contributed by atoms with Gasteiger partial charge in [-0.25, -0.2) is 0 Å². The number of aromatic nitrogens is 1. The summed E-state index contributed by atoms with van der Waals surface area (Å²) in [6.45, 7) is 4.97. The minimum absolute atomic E-state index is 0.0365. The van der Waals surface area contributed by atoms with E-state index in [9.17, 15) is 0 Å². The van der Waals surface area contributed by atoms with Crippen LogP contribution in [0.3, 0.4) is 0 Å². The number of nitrogens with zero attached hydrogens (tertiary/aromatic N) is 4. The fourth-order valence-electron chi connectivity index (χ4n) is 4.43. The molecule has 1 aromatic heterocycles. The monoisotopic (exact) mass is 460 g/mol. The summed E-state index contributed by atoms with van der Waals surface area (Å²) in [5, 5.41) is 8.78. The van der Waals surface area contributed by atoms with Gasteiger partial charge in [0.2, 0.25) is 0 Å². The third kappa shape index (κ3) is 5.34. The topological polar surface area (TPSA) is 64.9 Å². The fraction of sp³-hybridized carbons (Fsp3) is 0.346. The van der Waals surface area contributed by atoms with Gasteiger partial charge in [-0.05, 0) is 61.7 Å². The van der Waals surface area contributed by atoms with Crippen molar-refractivity contribution >= 4 is 45.4 Å². The first-order valence-corrected chi connectivity index (χ1v) is 12.0. The number of pyridine rings is 1. The lowest BCUT2D eigenvalue weighted by molar-refractivity contribution is 0.155. The molecular weight excluding hydrogens is 432 g/mol. The zero-order chi connectivity index (χ0) is 22.6. The lowest BCUT2D eigenvalue weighted by Crippen LogP contribution is -2.51. The summed E-state index contributed by atoms with van der Waals surface area (Å²) >= 11 is 6.11. The Morgan fingerprint density at radius 3 is 2.73 bits per heavy atom. The summed E-state index contributed by atoms with van der Waals surface area (Å²) in [5.41, 5.74) is 5.23. The summed E-state index contributed by atoms with van der Waals surface area (Å²) in [7, 11) is 0. The quantitative estimate of drug-likeness (QED) is 0.508. The van der Waals surface area contributed by atoms with Crippen molar-refractivity contribution in [1.82, 2.24) is 15.2 Å². The van der Waals surface area contributed by atoms with Crippen LogP contribution in [0.1, 0.15) is 38.2 Å². The van der Waals surface area contributed by atoms with Gasteiger partial charge in [-0.15, -0.1) is 0 Å². The van der Waals surface area contributed by atoms with E-state index in [1.165, 1.54) is 24.8 Å². The summed E-state index contributed by atoms with van der Waals surface area (Å²) in [6.07, 6.45) is 6.46. The van der Waals surface area contributed by atoms with Crippen molar-refractivity contribution in [2.24, 2.45) is 9.98 Å². The van der Waals surface area contributed by atoms with Crippen LogP contribution >= 0.6 is 11.6 Å². The van der Waals surface area contributed by atoms with Crippen molar-refractivity contribution in [2.45, 2.75) is 45.4 Å². The number of amidine groups is 1. The Hall–Kier alpha value is -2.96. The first kappa shape index (κ1) is 21.9. The molecule has 1 unspecified atom stereocenters. The number of piperidine rings is 1. The van der Waals surface area contributed by atoms with E-state index >= 15 is 0 Å². The molecule has 1 fully saturated rings. The van der Waals surface area contributed by atoms with Crippen molar-refractivity contribution in [3.05, 3.63) is 65.3 Å². The first-order chi connectivity index (χ1) is 16.1. The van der Waals surface area contributed by atoms with Gasteiger partial charge in [0.05, 0.1) is 12.1 Å². The lowest BCUT2D eigenvalue weighted by Gasteiger charge is -2.35. The highest BCUT2D eigenvalue weighted by Crippen LogP contribution is 2.27. The van der Waals surface area contributed by atoms with Gasteiger partial charge in [-0.2, -0.15) is 0 Å². The molecule has 0 aliphatic carbocycles. The van der Waals surface area contributed by atoms with Gasteiger partial charge in [0.15, 0.2) is 6.29 Å². The van der Waals surface area contributed by atoms with E-state index in [4.69, 9.17) is 21.6 Å². The number of benzene rings is 2. The number of nitrogens with one attached hydrogen (secondary N) is 2. The average molecular weight is 461 g/mol. The number of aliphatic imine (C=N–C) groups is 2. The van der Waals surface area contributed by atoms with Crippen LogP contribution in [0.2, 0.25) is 5.02 Å². The van der Waals surface area contributed by atoms with E-state index < -0.39 is 0 Å². The van der Waals surface area contributed by atoms with Crippen LogP contribution in [0.4, 0.5) is 11.4 Å². The summed E-state index contributed by atoms with van der Waals surface area (Å²) in [5.74, 6) is 1.03. The molecule has 0 saturated carbocycles. The number of anilines is 2. The molecule has 0 bridgehead atoms. The van der Waals surface area contributed by atoms with Crippen LogP contribution in [0.5, 0.6) is 0 Å². The minimum Gasteiger partial charge on any atom is -0.355 e. The molecule has 7 heteroatoms. The van der Waals surface area contributed by atoms with Crippen molar-refractivity contribution in [2.75, 3.05) is 18.4 Å². The van der Waals surface area contributed by atoms with Gasteiger partial charge in [0.25, 0.3) is 0 Å². The maximum Gasteiger partial charge on any atom is 0.177 e. The van der Waals surface area contributed by atoms with Crippen molar-refractivity contribution in [1.29, 1.82) is 0 Å². The number of rotatable bonds is 5. The van der Waals surface area contributed by atoms with E-state index in [2.05, 4.69) is 51.7 Å². The van der Waals surface area contributed by atoms with Crippen LogP contribution in [0, 0.1) is 0 Å². The summed E-state index contributed by atoms with van der Waals surface area (Å²) < 4.78 is 0. The molecule has 170 valence electrons. The second kappa shape index (κ2) is 9.89. The zero-order valence-corrected chi connectivity index (χ0v) is 19.6. The van der Waals surface area contributed by atoms with E-state index in [1.54, 1.807) is 6.20 Å². The molecule has 3 aromatic rings. The molecule has 0 amide bonds. The molecule has 2 aliphatic rings. The Balaban J connectivity index is 1.24. The highest BCUT2D eigenvalue weighted by molar-refractivity contribution is 6.31. The van der Waals surface area contributed by atoms with E-state index in [1.807, 2.05) is 24.3 Å². The van der Waals surface area contributed by atoms with E-state index in [0.717, 1.165) is 53.3 Å². The Labute approximate surface area is 199 Å². The minimum atomic E-state index is 0.0365. The molecule has 3 heterocycles. The second-order valence-electron chi connectivity index (χ2n) is 8.76. The largest absolute Gasteiger partial charge is 0.355 e. The molecule has 0 radical (unpaired) electrons. The molecule has 2 aliphatic heterocycles. The second-order valence-corrected chi connectivity index (χ2v) is 9.20. The predicted octanol–water partition coefficient (Wildman–Crippen LogP) is 5.75. The Morgan fingerprint density at radius 2 is 1.91 bits per heavy atom. The van der Waals surface area contributed by atoms with Gasteiger partial charge >= 0.3 is 0 Å². The number of likely N-dealkylation sites (tertiary alicyclic amines) is 1. The maximum absolute atomic E-state index is 6.11. The molecule has 6 nitrogen and oxygen atoms in total. The van der Waals surface area contributed by atoms with Gasteiger partial charge in [0.1, 0.15) is 5.84 Å². The number of halogens is 1. The van der Waals surface area contributed by atoms with Crippen LogP contribution in [0.15, 0.2) is 64.7 Å². The van der Waals surface area contributed by atoms with Crippen LogP contribution in [0.25, 0.3) is 10.9 Å². The molecule has 5 rings (SSSR count). The third-order valence-electron chi connectivity index (χ3n) is 6.19. The Morgan fingerprint density at radius 1 is 1.09 bits per heavy atom. The zero-order valence-electron chi connectivity index (χ0n) is 18.9. The van der Waals surface area contributed by atoms with Crippen LogP contribution < -0.4 is 10.6 Å². The number of hydrogen-bond donors (Lipinski definition) is 2. The predicted molar refractivity (Wildman–Crippen MR) is 138 cm³/mol. The Bertz CT molecular complexity index is 1180. The normalized spacial score (nSPS) is 20.5. The average Bonchev–Trinajstić information content (AvgIpc) is 2.84. The molecule has 2 aromatic carbocycles. The van der Waals surface area contributed by atoms with Crippen LogP contribution in [-0.2, 0) is 6.54 Å². The standard InChI is InChI=1S/C26H29ClN6/c1-18-15-25(32-26(30-18)33-13-3-2-4-14-33)29-17-19-5-8-21(9-6-19)31-23-11-12-28-24-16-20(27)7-10-22(23)24/h5-12,16,26H,2-4,13-15,17H2,1H3,(H,28,31)(H,29,32). The van der Waals surface area contributed by atoms with Crippen LogP contribution in [-0.4, -0.2) is 40.8 Å². The van der Waals surface area contributed by atoms with Crippen molar-refractivity contribution in [3.8, 4) is 0 Å². The summed E-state index contributed by atoms with van der Waals surface area (Å²) in [6, 6.07) is 16.2. The van der Waals surface area contributed by atoms with Gasteiger partial charge in [-0.3, -0.25) is 19.9 Å². The number of hydrogen-bond acceptors (Lipinski definition) is 5. The van der Waals surface area contributed by atoms with Gasteiger partial charge < -0.3 is 10.6 Å². The number of fused-ring (bicyclic) bond motifs is 1. The molecule has 2 N–H and O–H groups in total. The molecule has 1 atom stereocenters. The van der Waals surface area contributed by atoms with E-state index in [-0.39, 0.29) is 6.29 Å². The highest BCUT2D eigenvalue weighted by Gasteiger charge is 2.24. The van der Waals surface area contributed by atoms with Crippen molar-refractivity contribution in [3.63, 3.8) is 0 Å². The molecular formula is C26H29ClN6.